The molecule has 0 aliphatic heterocycles. The molecule has 0 aliphatic rings. The van der Waals surface area contributed by atoms with Crippen LogP contribution in [-0.4, -0.2) is 33.8 Å². The predicted octanol–water partition coefficient (Wildman–Crippen LogP) is 2.36. The van der Waals surface area contributed by atoms with Crippen LogP contribution >= 0.6 is 0 Å². The Balaban J connectivity index is 1.83. The third-order valence-electron chi connectivity index (χ3n) is 3.46. The van der Waals surface area contributed by atoms with Crippen molar-refractivity contribution in [2.24, 2.45) is 0 Å². The largest absolute Gasteiger partial charge is 0.573 e. The maximum Gasteiger partial charge on any atom is 0.573 e. The van der Waals surface area contributed by atoms with E-state index in [0.717, 1.165) is 24.3 Å². The van der Waals surface area contributed by atoms with Crippen LogP contribution in [0.5, 0.6) is 5.75 Å². The highest BCUT2D eigenvalue weighted by Crippen LogP contribution is 2.23. The molecule has 2 rings (SSSR count). The van der Waals surface area contributed by atoms with E-state index < -0.39 is 40.4 Å². The molecule has 1 amide bonds. The van der Waals surface area contributed by atoms with Crippen LogP contribution in [0.2, 0.25) is 0 Å². The lowest BCUT2D eigenvalue weighted by Gasteiger charge is -2.10. The number of alkyl halides is 3. The number of sulfonamides is 1. The Morgan fingerprint density at radius 3 is 2.29 bits per heavy atom. The van der Waals surface area contributed by atoms with Gasteiger partial charge in [0.2, 0.25) is 15.9 Å². The second-order valence-corrected chi connectivity index (χ2v) is 7.30. The second-order valence-electron chi connectivity index (χ2n) is 5.54. The van der Waals surface area contributed by atoms with Crippen LogP contribution in [0.25, 0.3) is 0 Å². The van der Waals surface area contributed by atoms with Gasteiger partial charge in [0.25, 0.3) is 0 Å². The Labute approximate surface area is 158 Å². The minimum atomic E-state index is -4.89. The van der Waals surface area contributed by atoms with Crippen molar-refractivity contribution in [3.05, 3.63) is 59.9 Å². The van der Waals surface area contributed by atoms with Gasteiger partial charge in [0.15, 0.2) is 0 Å². The monoisotopic (exact) mass is 420 g/mol. The fourth-order valence-electron chi connectivity index (χ4n) is 2.16. The van der Waals surface area contributed by atoms with Gasteiger partial charge in [-0.1, -0.05) is 18.2 Å². The van der Waals surface area contributed by atoms with Crippen LogP contribution in [0.3, 0.4) is 0 Å². The van der Waals surface area contributed by atoms with Gasteiger partial charge in [0, 0.05) is 6.54 Å². The van der Waals surface area contributed by atoms with Gasteiger partial charge in [-0.05, 0) is 42.3 Å². The molecular formula is C17H16F4N2O4S. The zero-order chi connectivity index (χ0) is 20.8. The number of ether oxygens (including phenoxy) is 1. The van der Waals surface area contributed by atoms with Crippen molar-refractivity contribution < 1.29 is 35.5 Å². The lowest BCUT2D eigenvalue weighted by atomic mass is 10.1. The molecule has 0 bridgehead atoms. The molecule has 0 heterocycles. The number of carbonyl (C=O) groups excluding carboxylic acids is 1. The maximum absolute atomic E-state index is 13.4. The Morgan fingerprint density at radius 1 is 1.04 bits per heavy atom. The summed E-state index contributed by atoms with van der Waals surface area (Å²) >= 11 is 0. The fourth-order valence-corrected chi connectivity index (χ4v) is 3.15. The molecular weight excluding hydrogens is 404 g/mol. The van der Waals surface area contributed by atoms with Crippen LogP contribution in [0.4, 0.5) is 17.6 Å². The molecule has 2 aromatic rings. The van der Waals surface area contributed by atoms with Gasteiger partial charge in [-0.25, -0.2) is 17.5 Å². The number of hydrogen-bond acceptors (Lipinski definition) is 4. The first-order chi connectivity index (χ1) is 13.1. The van der Waals surface area contributed by atoms with E-state index in [1.165, 1.54) is 12.1 Å². The van der Waals surface area contributed by atoms with E-state index >= 15 is 0 Å². The summed E-state index contributed by atoms with van der Waals surface area (Å²) in [5, 5.41) is 2.44. The summed E-state index contributed by atoms with van der Waals surface area (Å²) in [6.45, 7) is -0.481. The third kappa shape index (κ3) is 6.82. The highest BCUT2D eigenvalue weighted by molar-refractivity contribution is 7.89. The van der Waals surface area contributed by atoms with Gasteiger partial charge in [-0.15, -0.1) is 13.2 Å². The summed E-state index contributed by atoms with van der Waals surface area (Å²) in [6, 6.07) is 9.56. The molecule has 11 heteroatoms. The topological polar surface area (TPSA) is 84.5 Å². The van der Waals surface area contributed by atoms with Crippen LogP contribution in [0.15, 0.2) is 53.4 Å². The Bertz CT molecular complexity index is 915. The quantitative estimate of drug-likeness (QED) is 0.643. The summed E-state index contributed by atoms with van der Waals surface area (Å²) in [5.74, 6) is -1.62. The van der Waals surface area contributed by atoms with Gasteiger partial charge in [-0.2, -0.15) is 0 Å². The lowest BCUT2D eigenvalue weighted by molar-refractivity contribution is -0.274. The first-order valence-electron chi connectivity index (χ1n) is 7.92. The predicted molar refractivity (Wildman–Crippen MR) is 91.4 cm³/mol. The van der Waals surface area contributed by atoms with E-state index in [4.69, 9.17) is 0 Å². The van der Waals surface area contributed by atoms with Crippen LogP contribution in [0, 0.1) is 5.82 Å². The Kier molecular flexibility index (Phi) is 6.97. The first kappa shape index (κ1) is 21.6. The number of carbonyl (C=O) groups is 1. The Hall–Kier alpha value is -2.66. The molecule has 0 fully saturated rings. The van der Waals surface area contributed by atoms with E-state index in [1.807, 2.05) is 4.72 Å². The molecule has 0 atom stereocenters. The molecule has 0 radical (unpaired) electrons. The van der Waals surface area contributed by atoms with Crippen molar-refractivity contribution in [2.45, 2.75) is 17.7 Å². The number of rotatable bonds is 8. The van der Waals surface area contributed by atoms with E-state index in [0.29, 0.717) is 5.56 Å². The summed E-state index contributed by atoms with van der Waals surface area (Å²) in [5.41, 5.74) is 0.407. The van der Waals surface area contributed by atoms with Crippen LogP contribution in [-0.2, 0) is 21.2 Å². The molecule has 0 aromatic heterocycles. The van der Waals surface area contributed by atoms with E-state index in [1.54, 1.807) is 12.1 Å². The highest BCUT2D eigenvalue weighted by atomic mass is 32.2. The molecule has 2 aromatic carbocycles. The van der Waals surface area contributed by atoms with Crippen LogP contribution in [0.1, 0.15) is 5.56 Å². The normalized spacial score (nSPS) is 11.9. The summed E-state index contributed by atoms with van der Waals surface area (Å²) < 4.78 is 79.6. The molecule has 152 valence electrons. The lowest BCUT2D eigenvalue weighted by Crippen LogP contribution is -2.37. The molecule has 0 saturated carbocycles. The smallest absolute Gasteiger partial charge is 0.406 e. The van der Waals surface area contributed by atoms with E-state index in [9.17, 15) is 30.8 Å². The zero-order valence-corrected chi connectivity index (χ0v) is 15.1. The standard InChI is InChI=1S/C17H16F4N2O4S/c18-15-4-2-1-3-12(15)9-10-22-16(24)11-23-28(25,26)14-7-5-13(6-8-14)27-17(19,20)21/h1-8,23H,9-11H2,(H,22,24). The minimum absolute atomic E-state index is 0.102. The van der Waals surface area contributed by atoms with Gasteiger partial charge in [0.1, 0.15) is 11.6 Å². The fraction of sp³-hybridized carbons (Fsp3) is 0.235. The number of hydrogen-bond donors (Lipinski definition) is 2. The number of amides is 1. The average molecular weight is 420 g/mol. The number of benzene rings is 2. The second kappa shape index (κ2) is 9.02. The third-order valence-corrected chi connectivity index (χ3v) is 4.88. The highest BCUT2D eigenvalue weighted by Gasteiger charge is 2.31. The van der Waals surface area contributed by atoms with Gasteiger partial charge in [0.05, 0.1) is 11.4 Å². The molecule has 0 saturated heterocycles. The van der Waals surface area contributed by atoms with Crippen molar-refractivity contribution in [1.82, 2.24) is 10.0 Å². The summed E-state index contributed by atoms with van der Waals surface area (Å²) in [7, 11) is -4.11. The molecule has 0 spiro atoms. The van der Waals surface area contributed by atoms with E-state index in [-0.39, 0.29) is 17.9 Å². The van der Waals surface area contributed by atoms with Crippen molar-refractivity contribution >= 4 is 15.9 Å². The van der Waals surface area contributed by atoms with E-state index in [2.05, 4.69) is 10.1 Å². The first-order valence-corrected chi connectivity index (χ1v) is 9.41. The van der Waals surface area contributed by atoms with Crippen LogP contribution < -0.4 is 14.8 Å². The molecule has 2 N–H and O–H groups in total. The van der Waals surface area contributed by atoms with Crippen molar-refractivity contribution in [2.75, 3.05) is 13.1 Å². The molecule has 28 heavy (non-hydrogen) atoms. The Morgan fingerprint density at radius 2 is 1.68 bits per heavy atom. The zero-order valence-electron chi connectivity index (χ0n) is 14.3. The molecule has 6 nitrogen and oxygen atoms in total. The van der Waals surface area contributed by atoms with Gasteiger partial charge < -0.3 is 10.1 Å². The minimum Gasteiger partial charge on any atom is -0.406 e. The van der Waals surface area contributed by atoms with Gasteiger partial charge >= 0.3 is 6.36 Å². The summed E-state index contributed by atoms with van der Waals surface area (Å²) in [6.07, 6.45) is -4.66. The maximum atomic E-state index is 13.4. The SMILES string of the molecule is O=C(CNS(=O)(=O)c1ccc(OC(F)(F)F)cc1)NCCc1ccccc1F. The van der Waals surface area contributed by atoms with Gasteiger partial charge in [-0.3, -0.25) is 4.79 Å². The summed E-state index contributed by atoms with van der Waals surface area (Å²) in [4.78, 5) is 11.4. The van der Waals surface area contributed by atoms with Crippen molar-refractivity contribution in [1.29, 1.82) is 0 Å². The van der Waals surface area contributed by atoms with Crippen molar-refractivity contribution in [3.8, 4) is 5.75 Å². The number of nitrogens with one attached hydrogen (secondary N) is 2. The molecule has 0 unspecified atom stereocenters. The molecule has 0 aliphatic carbocycles. The van der Waals surface area contributed by atoms with Crippen molar-refractivity contribution in [3.63, 3.8) is 0 Å². The number of halogens is 4. The average Bonchev–Trinajstić information content (AvgIpc) is 2.61.